The Hall–Kier alpha value is -1.48. The van der Waals surface area contributed by atoms with E-state index in [1.807, 2.05) is 13.8 Å². The van der Waals surface area contributed by atoms with E-state index in [9.17, 15) is 22.8 Å². The molecule has 0 radical (unpaired) electrons. The van der Waals surface area contributed by atoms with Gasteiger partial charge in [0.25, 0.3) is 5.91 Å². The maximum Gasteiger partial charge on any atom is 0.417 e. The summed E-state index contributed by atoms with van der Waals surface area (Å²) in [5.74, 6) is -0.126. The standard InChI is InChI=1S/C18H26N2O6S/c1-17(2)12-3-6-18(17,14(21)9-12)11-27(24,25)19-7-4-13(5-8-19)20-15(22)10-26-16(20)23/h12-13H,3-11H2,1-2H3. The number of sulfonamides is 1. The van der Waals surface area contributed by atoms with Crippen LogP contribution in [0.5, 0.6) is 0 Å². The third-order valence-electron chi connectivity index (χ3n) is 7.53. The molecule has 4 fully saturated rings. The number of carbonyl (C=O) groups excluding carboxylic acids is 3. The van der Waals surface area contributed by atoms with E-state index in [4.69, 9.17) is 4.74 Å². The highest BCUT2D eigenvalue weighted by molar-refractivity contribution is 7.89. The molecule has 4 aliphatic rings. The molecule has 2 heterocycles. The normalized spacial score (nSPS) is 34.5. The zero-order chi connectivity index (χ0) is 19.6. The molecule has 9 heteroatoms. The second kappa shape index (κ2) is 6.01. The van der Waals surface area contributed by atoms with Crippen molar-refractivity contribution in [1.82, 2.24) is 9.21 Å². The molecule has 0 aromatic heterocycles. The van der Waals surface area contributed by atoms with Crippen LogP contribution in [0.3, 0.4) is 0 Å². The van der Waals surface area contributed by atoms with Gasteiger partial charge in [-0.3, -0.25) is 9.59 Å². The summed E-state index contributed by atoms with van der Waals surface area (Å²) in [5.41, 5.74) is -1.07. The van der Waals surface area contributed by atoms with Crippen molar-refractivity contribution in [3.8, 4) is 0 Å². The second-order valence-electron chi connectivity index (χ2n) is 8.87. The molecule has 27 heavy (non-hydrogen) atoms. The first-order chi connectivity index (χ1) is 12.6. The van der Waals surface area contributed by atoms with E-state index >= 15 is 0 Å². The monoisotopic (exact) mass is 398 g/mol. The Morgan fingerprint density at radius 3 is 2.26 bits per heavy atom. The highest BCUT2D eigenvalue weighted by Gasteiger charge is 2.65. The van der Waals surface area contributed by atoms with Crippen LogP contribution in [-0.4, -0.2) is 66.9 Å². The lowest BCUT2D eigenvalue weighted by Crippen LogP contribution is -2.51. The number of carbonyl (C=O) groups is 3. The third kappa shape index (κ3) is 2.65. The molecule has 2 atom stereocenters. The van der Waals surface area contributed by atoms with E-state index in [2.05, 4.69) is 0 Å². The van der Waals surface area contributed by atoms with Gasteiger partial charge in [-0.2, -0.15) is 0 Å². The van der Waals surface area contributed by atoms with Crippen molar-refractivity contribution >= 4 is 27.8 Å². The summed E-state index contributed by atoms with van der Waals surface area (Å²) in [6.07, 6.45) is 2.20. The van der Waals surface area contributed by atoms with Crippen LogP contribution in [0.1, 0.15) is 46.0 Å². The van der Waals surface area contributed by atoms with Gasteiger partial charge in [0, 0.05) is 31.0 Å². The Morgan fingerprint density at radius 1 is 1.11 bits per heavy atom. The number of fused-ring (bicyclic) bond motifs is 2. The fourth-order valence-electron chi connectivity index (χ4n) is 5.61. The van der Waals surface area contributed by atoms with E-state index in [1.165, 1.54) is 4.31 Å². The van der Waals surface area contributed by atoms with Gasteiger partial charge in [0.15, 0.2) is 6.61 Å². The van der Waals surface area contributed by atoms with Crippen LogP contribution >= 0.6 is 0 Å². The maximum atomic E-state index is 13.1. The number of ketones is 1. The molecule has 2 aliphatic heterocycles. The van der Waals surface area contributed by atoms with Gasteiger partial charge >= 0.3 is 6.09 Å². The van der Waals surface area contributed by atoms with Crippen LogP contribution in [0.25, 0.3) is 0 Å². The van der Waals surface area contributed by atoms with Crippen LogP contribution in [0.15, 0.2) is 0 Å². The van der Waals surface area contributed by atoms with Crippen molar-refractivity contribution in [2.45, 2.75) is 52.0 Å². The van der Waals surface area contributed by atoms with Gasteiger partial charge in [0.05, 0.1) is 5.75 Å². The molecular weight excluding hydrogens is 372 g/mol. The minimum Gasteiger partial charge on any atom is -0.439 e. The lowest BCUT2D eigenvalue weighted by Gasteiger charge is -2.39. The molecule has 0 aromatic carbocycles. The molecule has 2 saturated carbocycles. The van der Waals surface area contributed by atoms with Gasteiger partial charge in [0.2, 0.25) is 10.0 Å². The van der Waals surface area contributed by atoms with Crippen molar-refractivity contribution in [3.05, 3.63) is 0 Å². The van der Waals surface area contributed by atoms with Gasteiger partial charge in [-0.05, 0) is 37.0 Å². The fourth-order valence-corrected chi connectivity index (χ4v) is 7.86. The van der Waals surface area contributed by atoms with Gasteiger partial charge < -0.3 is 4.74 Å². The number of ether oxygens (including phenoxy) is 1. The van der Waals surface area contributed by atoms with Gasteiger partial charge in [-0.1, -0.05) is 13.8 Å². The molecular formula is C18H26N2O6S. The Bertz CT molecular complexity index is 783. The van der Waals surface area contributed by atoms with Gasteiger partial charge in [-0.15, -0.1) is 0 Å². The smallest absolute Gasteiger partial charge is 0.417 e. The Kier molecular flexibility index (Phi) is 4.20. The lowest BCUT2D eigenvalue weighted by molar-refractivity contribution is -0.128. The number of imide groups is 1. The van der Waals surface area contributed by atoms with Gasteiger partial charge in [-0.25, -0.2) is 22.4 Å². The summed E-state index contributed by atoms with van der Waals surface area (Å²) >= 11 is 0. The first kappa shape index (κ1) is 18.9. The number of piperidine rings is 1. The molecule has 0 aromatic rings. The van der Waals surface area contributed by atoms with E-state index in [1.54, 1.807) is 0 Å². The van der Waals surface area contributed by atoms with Crippen LogP contribution in [0.4, 0.5) is 4.79 Å². The first-order valence-corrected chi connectivity index (χ1v) is 11.2. The summed E-state index contributed by atoms with van der Waals surface area (Å²) < 4.78 is 32.4. The molecule has 8 nitrogen and oxygen atoms in total. The van der Waals surface area contributed by atoms with E-state index in [-0.39, 0.29) is 54.5 Å². The average Bonchev–Trinajstić information content (AvgIpc) is 3.12. The van der Waals surface area contributed by atoms with E-state index in [0.29, 0.717) is 25.7 Å². The second-order valence-corrected chi connectivity index (χ2v) is 10.8. The molecule has 0 spiro atoms. The van der Waals surface area contributed by atoms with E-state index < -0.39 is 21.5 Å². The highest BCUT2D eigenvalue weighted by Crippen LogP contribution is 2.64. The molecule has 2 amide bonds. The van der Waals surface area contributed by atoms with Crippen molar-refractivity contribution < 1.29 is 27.5 Å². The zero-order valence-corrected chi connectivity index (χ0v) is 16.6. The van der Waals surface area contributed by atoms with Crippen LogP contribution in [-0.2, 0) is 24.3 Å². The molecule has 2 aliphatic carbocycles. The lowest BCUT2D eigenvalue weighted by atomic mass is 9.70. The summed E-state index contributed by atoms with van der Waals surface area (Å²) in [7, 11) is -3.60. The fraction of sp³-hybridized carbons (Fsp3) is 0.833. The number of nitrogens with zero attached hydrogens (tertiary/aromatic N) is 2. The summed E-state index contributed by atoms with van der Waals surface area (Å²) in [5, 5.41) is 0. The number of hydrogen-bond donors (Lipinski definition) is 0. The quantitative estimate of drug-likeness (QED) is 0.704. The van der Waals surface area contributed by atoms with Crippen molar-refractivity contribution in [2.24, 2.45) is 16.7 Å². The predicted molar refractivity (Wildman–Crippen MR) is 95.1 cm³/mol. The number of Topliss-reactive ketones (excluding diaryl/α,β-unsaturated/α-hetero) is 1. The number of amides is 2. The summed E-state index contributed by atoms with van der Waals surface area (Å²) in [6, 6.07) is -0.322. The Morgan fingerprint density at radius 2 is 1.78 bits per heavy atom. The minimum atomic E-state index is -3.60. The third-order valence-corrected chi connectivity index (χ3v) is 9.54. The van der Waals surface area contributed by atoms with Crippen LogP contribution in [0, 0.1) is 16.7 Å². The van der Waals surface area contributed by atoms with Crippen LogP contribution in [0.2, 0.25) is 0 Å². The van der Waals surface area contributed by atoms with Crippen LogP contribution < -0.4 is 0 Å². The van der Waals surface area contributed by atoms with Crippen molar-refractivity contribution in [2.75, 3.05) is 25.4 Å². The first-order valence-electron chi connectivity index (χ1n) is 9.58. The number of hydrogen-bond acceptors (Lipinski definition) is 6. The molecule has 2 unspecified atom stereocenters. The van der Waals surface area contributed by atoms with E-state index in [0.717, 1.165) is 11.3 Å². The highest BCUT2D eigenvalue weighted by atomic mass is 32.2. The zero-order valence-electron chi connectivity index (χ0n) is 15.8. The Labute approximate surface area is 159 Å². The molecule has 4 rings (SSSR count). The summed E-state index contributed by atoms with van der Waals surface area (Å²) in [6.45, 7) is 4.32. The molecule has 2 saturated heterocycles. The molecule has 0 N–H and O–H groups in total. The number of rotatable bonds is 4. The maximum absolute atomic E-state index is 13.1. The van der Waals surface area contributed by atoms with Gasteiger partial charge in [0.1, 0.15) is 5.78 Å². The number of cyclic esters (lactones) is 1. The largest absolute Gasteiger partial charge is 0.439 e. The van der Waals surface area contributed by atoms with Crippen molar-refractivity contribution in [1.29, 1.82) is 0 Å². The topological polar surface area (TPSA) is 101 Å². The molecule has 150 valence electrons. The van der Waals surface area contributed by atoms with Crippen molar-refractivity contribution in [3.63, 3.8) is 0 Å². The average molecular weight is 398 g/mol. The summed E-state index contributed by atoms with van der Waals surface area (Å²) in [4.78, 5) is 37.3. The predicted octanol–water partition coefficient (Wildman–Crippen LogP) is 1.15. The SMILES string of the molecule is CC1(C)C2CCC1(CS(=O)(=O)N1CCC(N3C(=O)COC3=O)CC1)C(=O)C2. The Balaban J connectivity index is 1.46. The molecule has 2 bridgehead atoms. The minimum absolute atomic E-state index is 0.0904.